The number of aromatic nitrogens is 1. The summed E-state index contributed by atoms with van der Waals surface area (Å²) in [5.74, 6) is -1.34. The van der Waals surface area contributed by atoms with E-state index in [1.807, 2.05) is 30.3 Å². The van der Waals surface area contributed by atoms with Crippen LogP contribution in [0.3, 0.4) is 0 Å². The summed E-state index contributed by atoms with van der Waals surface area (Å²) < 4.78 is 5.48. The number of benzene rings is 2. The molecule has 0 radical (unpaired) electrons. The van der Waals surface area contributed by atoms with Gasteiger partial charge in [-0.15, -0.1) is 0 Å². The number of amides is 3. The molecule has 9 heteroatoms. The highest BCUT2D eigenvalue weighted by Crippen LogP contribution is 2.11. The molecule has 3 amide bonds. The van der Waals surface area contributed by atoms with E-state index in [9.17, 15) is 14.4 Å². The topological polar surface area (TPSA) is 122 Å². The molecule has 3 N–H and O–H groups in total. The fourth-order valence-corrected chi connectivity index (χ4v) is 2.82. The Morgan fingerprint density at radius 1 is 0.853 bits per heavy atom. The Bertz CT molecular complexity index is 1100. The van der Waals surface area contributed by atoms with Gasteiger partial charge in [0.15, 0.2) is 6.61 Å². The van der Waals surface area contributed by atoms with E-state index in [0.29, 0.717) is 17.9 Å². The van der Waals surface area contributed by atoms with Crippen LogP contribution in [-0.4, -0.2) is 42.1 Å². The number of ether oxygens (including phenoxy) is 1. The molecule has 174 valence electrons. The highest BCUT2D eigenvalue weighted by atomic mass is 16.5. The van der Waals surface area contributed by atoms with Gasteiger partial charge in [0.25, 0.3) is 5.91 Å². The second-order valence-electron chi connectivity index (χ2n) is 7.18. The third-order valence-electron chi connectivity index (χ3n) is 4.62. The fraction of sp³-hybridized carbons (Fsp3) is 0.160. The number of carbonyl (C=O) groups is 3. The minimum Gasteiger partial charge on any atom is -0.484 e. The average Bonchev–Trinajstić information content (AvgIpc) is 2.88. The predicted octanol–water partition coefficient (Wildman–Crippen LogP) is 1.59. The second-order valence-corrected chi connectivity index (χ2v) is 7.18. The SMILES string of the molecule is O=C(COc1ccc(/C=N\NC(=O)C(=O)NCc2ccncc2)cc1)NCCc1ccccc1. The van der Waals surface area contributed by atoms with Gasteiger partial charge in [0, 0.05) is 25.5 Å². The van der Waals surface area contributed by atoms with Crippen LogP contribution in [0.15, 0.2) is 84.2 Å². The summed E-state index contributed by atoms with van der Waals surface area (Å²) in [7, 11) is 0. The van der Waals surface area contributed by atoms with Crippen LogP contribution in [0.4, 0.5) is 0 Å². The first kappa shape index (κ1) is 24.1. The number of rotatable bonds is 10. The number of nitrogens with one attached hydrogen (secondary N) is 3. The number of carbonyl (C=O) groups excluding carboxylic acids is 3. The third-order valence-corrected chi connectivity index (χ3v) is 4.62. The van der Waals surface area contributed by atoms with Crippen molar-refractivity contribution in [3.05, 3.63) is 95.8 Å². The molecule has 1 heterocycles. The Balaban J connectivity index is 1.33. The molecule has 3 aromatic rings. The van der Waals surface area contributed by atoms with Crippen molar-refractivity contribution >= 4 is 23.9 Å². The minimum atomic E-state index is -0.872. The molecule has 0 atom stereocenters. The molecule has 0 saturated heterocycles. The Labute approximate surface area is 197 Å². The quantitative estimate of drug-likeness (QED) is 0.241. The summed E-state index contributed by atoms with van der Waals surface area (Å²) in [4.78, 5) is 39.4. The van der Waals surface area contributed by atoms with E-state index in [0.717, 1.165) is 17.5 Å². The number of pyridine rings is 1. The molecule has 0 aliphatic heterocycles. The summed E-state index contributed by atoms with van der Waals surface area (Å²) in [6, 6.07) is 20.2. The first-order valence-electron chi connectivity index (χ1n) is 10.6. The van der Waals surface area contributed by atoms with E-state index in [2.05, 4.69) is 26.1 Å². The number of hydrogen-bond donors (Lipinski definition) is 3. The molecule has 0 unspecified atom stereocenters. The van der Waals surface area contributed by atoms with E-state index in [1.165, 1.54) is 6.21 Å². The van der Waals surface area contributed by atoms with Crippen molar-refractivity contribution in [2.75, 3.05) is 13.2 Å². The van der Waals surface area contributed by atoms with Gasteiger partial charge in [0.1, 0.15) is 5.75 Å². The number of hydrogen-bond acceptors (Lipinski definition) is 6. The first-order chi connectivity index (χ1) is 16.6. The molecular formula is C25H25N5O4. The zero-order chi connectivity index (χ0) is 24.0. The van der Waals surface area contributed by atoms with Crippen molar-refractivity contribution in [2.45, 2.75) is 13.0 Å². The molecule has 0 aliphatic carbocycles. The van der Waals surface area contributed by atoms with Crippen LogP contribution < -0.4 is 20.8 Å². The first-order valence-corrected chi connectivity index (χ1v) is 10.6. The normalized spacial score (nSPS) is 10.5. The molecular weight excluding hydrogens is 434 g/mol. The maximum atomic E-state index is 11.9. The molecule has 34 heavy (non-hydrogen) atoms. The zero-order valence-electron chi connectivity index (χ0n) is 18.4. The van der Waals surface area contributed by atoms with E-state index in [4.69, 9.17) is 4.74 Å². The Kier molecular flexibility index (Phi) is 9.31. The van der Waals surface area contributed by atoms with Gasteiger partial charge >= 0.3 is 11.8 Å². The zero-order valence-corrected chi connectivity index (χ0v) is 18.4. The summed E-state index contributed by atoms with van der Waals surface area (Å²) in [6.45, 7) is 0.660. The minimum absolute atomic E-state index is 0.0904. The lowest BCUT2D eigenvalue weighted by molar-refractivity contribution is -0.139. The van der Waals surface area contributed by atoms with Crippen LogP contribution in [0.5, 0.6) is 5.75 Å². The highest BCUT2D eigenvalue weighted by Gasteiger charge is 2.11. The number of hydrazone groups is 1. The highest BCUT2D eigenvalue weighted by molar-refractivity contribution is 6.35. The van der Waals surface area contributed by atoms with E-state index in [1.54, 1.807) is 48.8 Å². The van der Waals surface area contributed by atoms with E-state index >= 15 is 0 Å². The molecule has 0 fully saturated rings. The Morgan fingerprint density at radius 3 is 2.32 bits per heavy atom. The van der Waals surface area contributed by atoms with Crippen LogP contribution in [-0.2, 0) is 27.3 Å². The largest absolute Gasteiger partial charge is 0.484 e. The maximum absolute atomic E-state index is 11.9. The second kappa shape index (κ2) is 13.1. The van der Waals surface area contributed by atoms with Crippen LogP contribution >= 0.6 is 0 Å². The fourth-order valence-electron chi connectivity index (χ4n) is 2.82. The summed E-state index contributed by atoms with van der Waals surface area (Å²) >= 11 is 0. The summed E-state index contributed by atoms with van der Waals surface area (Å²) in [5.41, 5.74) is 4.83. The average molecular weight is 460 g/mol. The van der Waals surface area contributed by atoms with Gasteiger partial charge in [0.2, 0.25) is 0 Å². The van der Waals surface area contributed by atoms with Crippen LogP contribution in [0.25, 0.3) is 0 Å². The van der Waals surface area contributed by atoms with Gasteiger partial charge < -0.3 is 15.4 Å². The maximum Gasteiger partial charge on any atom is 0.329 e. The van der Waals surface area contributed by atoms with Crippen LogP contribution in [0.1, 0.15) is 16.7 Å². The molecule has 9 nitrogen and oxygen atoms in total. The lowest BCUT2D eigenvalue weighted by Crippen LogP contribution is -2.37. The molecule has 0 aliphatic rings. The third kappa shape index (κ3) is 8.54. The van der Waals surface area contributed by atoms with E-state index < -0.39 is 11.8 Å². The van der Waals surface area contributed by atoms with Gasteiger partial charge in [-0.05, 0) is 59.5 Å². The summed E-state index contributed by atoms with van der Waals surface area (Å²) in [6.07, 6.45) is 5.35. The van der Waals surface area contributed by atoms with Crippen molar-refractivity contribution in [2.24, 2.45) is 5.10 Å². The Hall–Kier alpha value is -4.53. The molecule has 0 saturated carbocycles. The van der Waals surface area contributed by atoms with Gasteiger partial charge in [-0.25, -0.2) is 5.43 Å². The lowest BCUT2D eigenvalue weighted by atomic mass is 10.1. The molecule has 3 rings (SSSR count). The molecule has 0 spiro atoms. The summed E-state index contributed by atoms with van der Waals surface area (Å²) in [5, 5.41) is 9.09. The van der Waals surface area contributed by atoms with Gasteiger partial charge in [0.05, 0.1) is 6.21 Å². The van der Waals surface area contributed by atoms with Crippen molar-refractivity contribution in [1.29, 1.82) is 0 Å². The lowest BCUT2D eigenvalue weighted by Gasteiger charge is -2.08. The number of nitrogens with zero attached hydrogens (tertiary/aromatic N) is 2. The van der Waals surface area contributed by atoms with Gasteiger partial charge in [-0.2, -0.15) is 5.10 Å². The van der Waals surface area contributed by atoms with Crippen molar-refractivity contribution in [3.63, 3.8) is 0 Å². The van der Waals surface area contributed by atoms with Crippen LogP contribution in [0, 0.1) is 0 Å². The van der Waals surface area contributed by atoms with Gasteiger partial charge in [-0.1, -0.05) is 30.3 Å². The molecule has 1 aromatic heterocycles. The predicted molar refractivity (Wildman–Crippen MR) is 127 cm³/mol. The molecule has 2 aromatic carbocycles. The van der Waals surface area contributed by atoms with Gasteiger partial charge in [-0.3, -0.25) is 19.4 Å². The van der Waals surface area contributed by atoms with Crippen molar-refractivity contribution in [1.82, 2.24) is 21.0 Å². The standard InChI is InChI=1S/C25H25N5O4/c31-23(27-15-12-19-4-2-1-3-5-19)18-34-22-8-6-20(7-9-22)17-29-30-25(33)24(32)28-16-21-10-13-26-14-11-21/h1-11,13-14,17H,12,15-16,18H2,(H,27,31)(H,28,32)(H,30,33)/b29-17-. The van der Waals surface area contributed by atoms with E-state index in [-0.39, 0.29) is 19.1 Å². The smallest absolute Gasteiger partial charge is 0.329 e. The van der Waals surface area contributed by atoms with Crippen molar-refractivity contribution < 1.29 is 19.1 Å². The Morgan fingerprint density at radius 2 is 1.59 bits per heavy atom. The monoisotopic (exact) mass is 459 g/mol. The van der Waals surface area contributed by atoms with Crippen LogP contribution in [0.2, 0.25) is 0 Å². The van der Waals surface area contributed by atoms with Crippen molar-refractivity contribution in [3.8, 4) is 5.75 Å². The molecule has 0 bridgehead atoms.